The molecule has 7 nitrogen and oxygen atoms in total. The van der Waals surface area contributed by atoms with Gasteiger partial charge in [-0.2, -0.15) is 0 Å². The molecule has 186 valence electrons. The minimum atomic E-state index is -1.21. The zero-order valence-corrected chi connectivity index (χ0v) is 20.4. The Kier molecular flexibility index (Phi) is 7.43. The van der Waals surface area contributed by atoms with Crippen LogP contribution < -0.4 is 10.6 Å². The van der Waals surface area contributed by atoms with Crippen molar-refractivity contribution in [1.29, 1.82) is 0 Å². The van der Waals surface area contributed by atoms with Crippen LogP contribution in [-0.4, -0.2) is 41.3 Å². The summed E-state index contributed by atoms with van der Waals surface area (Å²) in [5, 5.41) is 15.3. The Morgan fingerprint density at radius 3 is 2.09 bits per heavy atom. The topological polar surface area (TPSA) is 105 Å². The van der Waals surface area contributed by atoms with Gasteiger partial charge >= 0.3 is 12.1 Å². The van der Waals surface area contributed by atoms with E-state index in [1.165, 1.54) is 0 Å². The monoisotopic (exact) mass is 478 g/mol. The summed E-state index contributed by atoms with van der Waals surface area (Å²) in [6.07, 6.45) is 2.81. The molecular weight excluding hydrogens is 444 g/mol. The standard InChI is InChI=1S/C28H34N2O5/c1-18(2)24(16-25(31)30-28(26(32)33)14-8-3-9-15-28)29-27(34)35-17-23-21-12-6-4-10-19(21)20-11-5-7-13-22(20)23/h4-7,10-13,18,23-24H,3,8-9,14-17H2,1-2H3,(H,29,34)(H,30,31)(H,32,33). The fourth-order valence-corrected chi connectivity index (χ4v) is 5.31. The molecule has 1 saturated carbocycles. The van der Waals surface area contributed by atoms with Crippen LogP contribution in [0.1, 0.15) is 69.4 Å². The lowest BCUT2D eigenvalue weighted by atomic mass is 9.81. The van der Waals surface area contributed by atoms with Crippen LogP contribution in [0.5, 0.6) is 0 Å². The van der Waals surface area contributed by atoms with Gasteiger partial charge < -0.3 is 20.5 Å². The Morgan fingerprint density at radius 1 is 0.971 bits per heavy atom. The first-order valence-electron chi connectivity index (χ1n) is 12.5. The number of benzene rings is 2. The highest BCUT2D eigenvalue weighted by molar-refractivity contribution is 5.87. The van der Waals surface area contributed by atoms with Gasteiger partial charge in [-0.05, 0) is 41.0 Å². The molecule has 0 aliphatic heterocycles. The number of rotatable bonds is 8. The molecule has 2 aromatic carbocycles. The van der Waals surface area contributed by atoms with E-state index in [1.54, 1.807) is 0 Å². The second-order valence-corrected chi connectivity index (χ2v) is 10.0. The molecular formula is C28H34N2O5. The van der Waals surface area contributed by atoms with Crippen LogP contribution in [0.2, 0.25) is 0 Å². The van der Waals surface area contributed by atoms with Gasteiger partial charge in [-0.3, -0.25) is 4.79 Å². The van der Waals surface area contributed by atoms with Crippen molar-refractivity contribution in [1.82, 2.24) is 10.6 Å². The van der Waals surface area contributed by atoms with Crippen molar-refractivity contribution in [2.45, 2.75) is 69.9 Å². The maximum Gasteiger partial charge on any atom is 0.407 e. The number of carboxylic acids is 1. The van der Waals surface area contributed by atoms with Crippen molar-refractivity contribution in [3.63, 3.8) is 0 Å². The predicted molar refractivity (Wildman–Crippen MR) is 133 cm³/mol. The largest absolute Gasteiger partial charge is 0.480 e. The van der Waals surface area contributed by atoms with Crippen molar-refractivity contribution in [3.05, 3.63) is 59.7 Å². The SMILES string of the molecule is CC(C)C(CC(=O)NC1(C(=O)O)CCCCC1)NC(=O)OCC1c2ccccc2-c2ccccc21. The number of nitrogens with one attached hydrogen (secondary N) is 2. The van der Waals surface area contributed by atoms with E-state index < -0.39 is 23.6 Å². The number of hydrogen-bond donors (Lipinski definition) is 3. The fourth-order valence-electron chi connectivity index (χ4n) is 5.31. The Labute approximate surface area is 206 Å². The van der Waals surface area contributed by atoms with E-state index in [0.717, 1.165) is 41.5 Å². The third kappa shape index (κ3) is 5.34. The van der Waals surface area contributed by atoms with E-state index in [0.29, 0.717) is 12.8 Å². The van der Waals surface area contributed by atoms with Crippen LogP contribution in [0.25, 0.3) is 11.1 Å². The van der Waals surface area contributed by atoms with E-state index >= 15 is 0 Å². The lowest BCUT2D eigenvalue weighted by Crippen LogP contribution is -2.56. The number of carbonyl (C=O) groups is 3. The van der Waals surface area contributed by atoms with E-state index in [1.807, 2.05) is 38.1 Å². The van der Waals surface area contributed by atoms with Crippen LogP contribution in [-0.2, 0) is 14.3 Å². The summed E-state index contributed by atoms with van der Waals surface area (Å²) >= 11 is 0. The van der Waals surface area contributed by atoms with Crippen molar-refractivity contribution in [2.75, 3.05) is 6.61 Å². The van der Waals surface area contributed by atoms with Gasteiger partial charge in [0.15, 0.2) is 0 Å². The quantitative estimate of drug-likeness (QED) is 0.503. The molecule has 3 N–H and O–H groups in total. The van der Waals surface area contributed by atoms with E-state index in [4.69, 9.17) is 4.74 Å². The summed E-state index contributed by atoms with van der Waals surface area (Å²) in [5.74, 6) is -1.44. The smallest absolute Gasteiger partial charge is 0.407 e. The molecule has 0 spiro atoms. The average Bonchev–Trinajstić information content (AvgIpc) is 3.16. The number of ether oxygens (including phenoxy) is 1. The highest BCUT2D eigenvalue weighted by Gasteiger charge is 2.41. The highest BCUT2D eigenvalue weighted by Crippen LogP contribution is 2.44. The van der Waals surface area contributed by atoms with Crippen LogP contribution in [0, 0.1) is 5.92 Å². The number of amides is 2. The van der Waals surface area contributed by atoms with Crippen molar-refractivity contribution >= 4 is 18.0 Å². The molecule has 2 aliphatic carbocycles. The number of carboxylic acid groups (broad SMARTS) is 1. The molecule has 35 heavy (non-hydrogen) atoms. The van der Waals surface area contributed by atoms with Gasteiger partial charge in [-0.25, -0.2) is 9.59 Å². The van der Waals surface area contributed by atoms with E-state index in [9.17, 15) is 19.5 Å². The van der Waals surface area contributed by atoms with Gasteiger partial charge in [0, 0.05) is 18.4 Å². The van der Waals surface area contributed by atoms with E-state index in [2.05, 4.69) is 34.9 Å². The fraction of sp³-hybridized carbons (Fsp3) is 0.464. The molecule has 4 rings (SSSR count). The second kappa shape index (κ2) is 10.5. The lowest BCUT2D eigenvalue weighted by Gasteiger charge is -2.34. The molecule has 2 aromatic rings. The van der Waals surface area contributed by atoms with Crippen LogP contribution in [0.3, 0.4) is 0 Å². The van der Waals surface area contributed by atoms with Crippen LogP contribution in [0.4, 0.5) is 4.79 Å². The minimum absolute atomic E-state index is 0.00308. The molecule has 0 heterocycles. The molecule has 0 radical (unpaired) electrons. The summed E-state index contributed by atoms with van der Waals surface area (Å²) in [6.45, 7) is 4.02. The molecule has 7 heteroatoms. The van der Waals surface area contributed by atoms with Gasteiger partial charge in [-0.15, -0.1) is 0 Å². The second-order valence-electron chi connectivity index (χ2n) is 10.0. The molecule has 0 aromatic heterocycles. The van der Waals surface area contributed by atoms with Gasteiger partial charge in [0.2, 0.25) is 5.91 Å². The maximum atomic E-state index is 12.8. The summed E-state index contributed by atoms with van der Waals surface area (Å²) in [7, 11) is 0. The van der Waals surface area contributed by atoms with Crippen molar-refractivity contribution in [3.8, 4) is 11.1 Å². The summed E-state index contributed by atoms with van der Waals surface area (Å²) in [6, 6.07) is 15.8. The molecule has 1 fully saturated rings. The van der Waals surface area contributed by atoms with Gasteiger partial charge in [0.1, 0.15) is 12.1 Å². The first kappa shape index (κ1) is 24.8. The van der Waals surface area contributed by atoms with Crippen molar-refractivity contribution < 1.29 is 24.2 Å². The minimum Gasteiger partial charge on any atom is -0.480 e. The summed E-state index contributed by atoms with van der Waals surface area (Å²) in [4.78, 5) is 37.4. The lowest BCUT2D eigenvalue weighted by molar-refractivity contribution is -0.149. The Morgan fingerprint density at radius 2 is 1.54 bits per heavy atom. The number of aliphatic carboxylic acids is 1. The average molecular weight is 479 g/mol. The number of carbonyl (C=O) groups excluding carboxylic acids is 2. The Bertz CT molecular complexity index is 1040. The van der Waals surface area contributed by atoms with Gasteiger partial charge in [0.05, 0.1) is 0 Å². The first-order valence-corrected chi connectivity index (χ1v) is 12.5. The van der Waals surface area contributed by atoms with E-state index in [-0.39, 0.29) is 30.8 Å². The Balaban J connectivity index is 1.37. The van der Waals surface area contributed by atoms with Crippen LogP contribution in [0.15, 0.2) is 48.5 Å². The third-order valence-corrected chi connectivity index (χ3v) is 7.35. The molecule has 2 amide bonds. The maximum absolute atomic E-state index is 12.8. The summed E-state index contributed by atoms with van der Waals surface area (Å²) < 4.78 is 5.63. The number of alkyl carbamates (subject to hydrolysis) is 1. The molecule has 0 bridgehead atoms. The van der Waals surface area contributed by atoms with Crippen LogP contribution >= 0.6 is 0 Å². The van der Waals surface area contributed by atoms with Crippen molar-refractivity contribution in [2.24, 2.45) is 5.92 Å². The molecule has 2 aliphatic rings. The zero-order valence-electron chi connectivity index (χ0n) is 20.4. The number of hydrogen-bond acceptors (Lipinski definition) is 4. The predicted octanol–water partition coefficient (Wildman–Crippen LogP) is 4.84. The summed E-state index contributed by atoms with van der Waals surface area (Å²) in [5.41, 5.74) is 3.37. The van der Waals surface area contributed by atoms with Gasteiger partial charge in [-0.1, -0.05) is 81.6 Å². The molecule has 0 saturated heterocycles. The van der Waals surface area contributed by atoms with Gasteiger partial charge in [0.25, 0.3) is 0 Å². The Hall–Kier alpha value is -3.35. The number of fused-ring (bicyclic) bond motifs is 3. The highest BCUT2D eigenvalue weighted by atomic mass is 16.5. The molecule has 1 atom stereocenters. The third-order valence-electron chi connectivity index (χ3n) is 7.35. The first-order chi connectivity index (χ1) is 16.8. The normalized spacial score (nSPS) is 17.2. The zero-order chi connectivity index (χ0) is 25.0. The molecule has 1 unspecified atom stereocenters.